The van der Waals surface area contributed by atoms with Crippen LogP contribution in [0.3, 0.4) is 0 Å². The van der Waals surface area contributed by atoms with Crippen LogP contribution < -0.4 is 4.74 Å². The molecule has 2 rings (SSSR count). The number of aliphatic hydroxyl groups is 1. The molecule has 1 atom stereocenters. The van der Waals surface area contributed by atoms with Crippen molar-refractivity contribution in [2.75, 3.05) is 6.61 Å². The number of ether oxygens (including phenoxy) is 1. The monoisotopic (exact) mass is 320 g/mol. The van der Waals surface area contributed by atoms with Gasteiger partial charge in [0.25, 0.3) is 0 Å². The van der Waals surface area contributed by atoms with Gasteiger partial charge in [-0.25, -0.2) is 0 Å². The summed E-state index contributed by atoms with van der Waals surface area (Å²) in [5.41, 5.74) is 1.92. The molecule has 0 heterocycles. The number of hydrogen-bond donors (Lipinski definition) is 1. The van der Waals surface area contributed by atoms with Crippen LogP contribution in [-0.4, -0.2) is 11.7 Å². The summed E-state index contributed by atoms with van der Waals surface area (Å²) in [5.74, 6) is 0.754. The Morgan fingerprint density at radius 1 is 1.11 bits per heavy atom. The second-order valence-corrected chi connectivity index (χ2v) is 5.14. The minimum atomic E-state index is -0.568. The van der Waals surface area contributed by atoms with Gasteiger partial charge in [-0.3, -0.25) is 0 Å². The van der Waals surface area contributed by atoms with E-state index in [0.717, 1.165) is 21.3 Å². The smallest absolute Gasteiger partial charge is 0.125 e. The zero-order valence-electron chi connectivity index (χ0n) is 10.8. The van der Waals surface area contributed by atoms with Gasteiger partial charge >= 0.3 is 0 Å². The Balaban J connectivity index is 2.20. The van der Waals surface area contributed by atoms with Gasteiger partial charge in [0.15, 0.2) is 0 Å². The molecule has 2 aromatic rings. The zero-order chi connectivity index (χ0) is 13.7. The fourth-order valence-corrected chi connectivity index (χ4v) is 2.47. The molecule has 0 fully saturated rings. The molecular weight excluding hydrogens is 304 g/mol. The third-order valence-electron chi connectivity index (χ3n) is 2.95. The number of benzene rings is 2. The van der Waals surface area contributed by atoms with Gasteiger partial charge in [0, 0.05) is 16.5 Å². The molecule has 0 aliphatic carbocycles. The summed E-state index contributed by atoms with van der Waals surface area (Å²) >= 11 is 3.50. The molecule has 0 amide bonds. The van der Waals surface area contributed by atoms with E-state index in [4.69, 9.17) is 4.74 Å². The first kappa shape index (κ1) is 14.1. The lowest BCUT2D eigenvalue weighted by molar-refractivity contribution is 0.172. The SMILES string of the molecule is CCOc1ccccc1C(O)Cc1ccccc1Br. The van der Waals surface area contributed by atoms with Gasteiger partial charge in [0.05, 0.1) is 12.7 Å². The molecule has 100 valence electrons. The highest BCUT2D eigenvalue weighted by molar-refractivity contribution is 9.10. The van der Waals surface area contributed by atoms with E-state index in [1.807, 2.05) is 55.5 Å². The number of aliphatic hydroxyl groups excluding tert-OH is 1. The van der Waals surface area contributed by atoms with Crippen molar-refractivity contribution >= 4 is 15.9 Å². The highest BCUT2D eigenvalue weighted by atomic mass is 79.9. The number of para-hydroxylation sites is 1. The summed E-state index contributed by atoms with van der Waals surface area (Å²) in [6.07, 6.45) is -0.00708. The van der Waals surface area contributed by atoms with Crippen molar-refractivity contribution in [1.29, 1.82) is 0 Å². The quantitative estimate of drug-likeness (QED) is 0.897. The van der Waals surface area contributed by atoms with E-state index < -0.39 is 6.10 Å². The maximum absolute atomic E-state index is 10.4. The topological polar surface area (TPSA) is 29.5 Å². The van der Waals surface area contributed by atoms with Crippen molar-refractivity contribution < 1.29 is 9.84 Å². The average molecular weight is 321 g/mol. The predicted molar refractivity (Wildman–Crippen MR) is 80.4 cm³/mol. The first-order valence-electron chi connectivity index (χ1n) is 6.35. The zero-order valence-corrected chi connectivity index (χ0v) is 12.4. The van der Waals surface area contributed by atoms with Crippen molar-refractivity contribution in [3.63, 3.8) is 0 Å². The van der Waals surface area contributed by atoms with Crippen LogP contribution in [0.15, 0.2) is 53.0 Å². The van der Waals surface area contributed by atoms with E-state index in [-0.39, 0.29) is 0 Å². The van der Waals surface area contributed by atoms with Gasteiger partial charge in [-0.1, -0.05) is 52.3 Å². The van der Waals surface area contributed by atoms with E-state index in [0.29, 0.717) is 13.0 Å². The molecule has 0 aliphatic rings. The van der Waals surface area contributed by atoms with Gasteiger partial charge < -0.3 is 9.84 Å². The number of rotatable bonds is 5. The van der Waals surface area contributed by atoms with Crippen molar-refractivity contribution in [1.82, 2.24) is 0 Å². The molecular formula is C16H17BrO2. The molecule has 0 bridgehead atoms. The molecule has 0 aromatic heterocycles. The van der Waals surface area contributed by atoms with E-state index >= 15 is 0 Å². The molecule has 2 aromatic carbocycles. The predicted octanol–water partition coefficient (Wildman–Crippen LogP) is 4.12. The Bertz CT molecular complexity index is 540. The van der Waals surface area contributed by atoms with Crippen LogP contribution in [0.4, 0.5) is 0 Å². The van der Waals surface area contributed by atoms with E-state index in [1.54, 1.807) is 0 Å². The third kappa shape index (κ3) is 3.58. The lowest BCUT2D eigenvalue weighted by Crippen LogP contribution is -2.05. The van der Waals surface area contributed by atoms with Crippen molar-refractivity contribution in [2.24, 2.45) is 0 Å². The third-order valence-corrected chi connectivity index (χ3v) is 3.72. The Morgan fingerprint density at radius 2 is 1.79 bits per heavy atom. The van der Waals surface area contributed by atoms with Crippen LogP contribution in [0.2, 0.25) is 0 Å². The maximum Gasteiger partial charge on any atom is 0.125 e. The molecule has 0 saturated carbocycles. The Labute approximate surface area is 122 Å². The maximum atomic E-state index is 10.4. The van der Waals surface area contributed by atoms with Crippen LogP contribution >= 0.6 is 15.9 Å². The fourth-order valence-electron chi connectivity index (χ4n) is 2.02. The van der Waals surface area contributed by atoms with Crippen molar-refractivity contribution in [3.05, 3.63) is 64.1 Å². The molecule has 1 unspecified atom stereocenters. The fraction of sp³-hybridized carbons (Fsp3) is 0.250. The number of halogens is 1. The molecule has 0 saturated heterocycles. The normalized spacial score (nSPS) is 12.2. The highest BCUT2D eigenvalue weighted by Crippen LogP contribution is 2.29. The van der Waals surface area contributed by atoms with Gasteiger partial charge in [0.2, 0.25) is 0 Å². The lowest BCUT2D eigenvalue weighted by atomic mass is 10.0. The lowest BCUT2D eigenvalue weighted by Gasteiger charge is -2.16. The Hall–Kier alpha value is -1.32. The van der Waals surface area contributed by atoms with Crippen LogP contribution in [0.25, 0.3) is 0 Å². The standard InChI is InChI=1S/C16H17BrO2/c1-2-19-16-10-6-4-8-13(16)15(18)11-12-7-3-5-9-14(12)17/h3-10,15,18H,2,11H2,1H3. The van der Waals surface area contributed by atoms with Crippen molar-refractivity contribution in [2.45, 2.75) is 19.4 Å². The average Bonchev–Trinajstić information content (AvgIpc) is 2.42. The summed E-state index contributed by atoms with van der Waals surface area (Å²) in [7, 11) is 0. The van der Waals surface area contributed by atoms with Gasteiger partial charge in [-0.15, -0.1) is 0 Å². The highest BCUT2D eigenvalue weighted by Gasteiger charge is 2.14. The van der Waals surface area contributed by atoms with Crippen LogP contribution in [0.5, 0.6) is 5.75 Å². The minimum absolute atomic E-state index is 0.561. The molecule has 3 heteroatoms. The summed E-state index contributed by atoms with van der Waals surface area (Å²) in [4.78, 5) is 0. The van der Waals surface area contributed by atoms with Crippen molar-refractivity contribution in [3.8, 4) is 5.75 Å². The first-order chi connectivity index (χ1) is 9.22. The van der Waals surface area contributed by atoms with Gasteiger partial charge in [-0.05, 0) is 24.6 Å². The molecule has 0 radical (unpaired) electrons. The largest absolute Gasteiger partial charge is 0.493 e. The summed E-state index contributed by atoms with van der Waals surface area (Å²) in [6.45, 7) is 2.54. The number of hydrogen-bond acceptors (Lipinski definition) is 2. The van der Waals surface area contributed by atoms with Gasteiger partial charge in [-0.2, -0.15) is 0 Å². The van der Waals surface area contributed by atoms with E-state index in [2.05, 4.69) is 15.9 Å². The van der Waals surface area contributed by atoms with Crippen LogP contribution in [-0.2, 0) is 6.42 Å². The van der Waals surface area contributed by atoms with E-state index in [9.17, 15) is 5.11 Å². The Morgan fingerprint density at radius 3 is 2.53 bits per heavy atom. The van der Waals surface area contributed by atoms with Gasteiger partial charge in [0.1, 0.15) is 5.75 Å². The molecule has 19 heavy (non-hydrogen) atoms. The van der Waals surface area contributed by atoms with Crippen LogP contribution in [0.1, 0.15) is 24.2 Å². The summed E-state index contributed by atoms with van der Waals surface area (Å²) in [5, 5.41) is 10.4. The van der Waals surface area contributed by atoms with Crippen LogP contribution in [0, 0.1) is 0 Å². The minimum Gasteiger partial charge on any atom is -0.493 e. The second kappa shape index (κ2) is 6.73. The first-order valence-corrected chi connectivity index (χ1v) is 7.15. The summed E-state index contributed by atoms with van der Waals surface area (Å²) < 4.78 is 6.57. The molecule has 0 aliphatic heterocycles. The molecule has 0 spiro atoms. The Kier molecular flexibility index (Phi) is 5.00. The molecule has 1 N–H and O–H groups in total. The second-order valence-electron chi connectivity index (χ2n) is 4.28. The van der Waals surface area contributed by atoms with E-state index in [1.165, 1.54) is 0 Å². The summed E-state index contributed by atoms with van der Waals surface area (Å²) in [6, 6.07) is 15.6. The molecule has 2 nitrogen and oxygen atoms in total.